The first-order chi connectivity index (χ1) is 13.2. The summed E-state index contributed by atoms with van der Waals surface area (Å²) >= 11 is 6.62. The van der Waals surface area contributed by atoms with Gasteiger partial charge in [0, 0.05) is 6.07 Å². The van der Waals surface area contributed by atoms with Crippen LogP contribution in [0.15, 0.2) is 36.4 Å². The van der Waals surface area contributed by atoms with Crippen molar-refractivity contribution < 1.29 is 9.13 Å². The monoisotopic (exact) mass is 399 g/mol. The van der Waals surface area contributed by atoms with Crippen molar-refractivity contribution in [3.8, 4) is 11.5 Å². The largest absolute Gasteiger partial charge is 0.456 e. The van der Waals surface area contributed by atoms with Gasteiger partial charge in [0.15, 0.2) is 0 Å². The molecule has 6 rings (SSSR count). The standard InChI is InChI=1S/C24H27ClFNO/c1-22-9-15-10-23(2,12-22)14-24(11-15,13-22)16-3-6-21(18(25)7-16)28-17-4-5-20(27)19(26)8-17/h3-8,15H,9-14,27H2,1-2H3. The van der Waals surface area contributed by atoms with Crippen molar-refractivity contribution in [3.05, 3.63) is 52.8 Å². The normalized spacial score (nSPS) is 35.9. The van der Waals surface area contributed by atoms with Crippen LogP contribution >= 0.6 is 11.6 Å². The third kappa shape index (κ3) is 2.90. The Balaban J connectivity index is 1.46. The summed E-state index contributed by atoms with van der Waals surface area (Å²) < 4.78 is 19.5. The minimum atomic E-state index is -0.486. The van der Waals surface area contributed by atoms with Crippen LogP contribution in [0.1, 0.15) is 57.9 Å². The number of hydrogen-bond acceptors (Lipinski definition) is 2. The molecule has 0 aromatic heterocycles. The van der Waals surface area contributed by atoms with Gasteiger partial charge in [-0.15, -0.1) is 0 Å². The van der Waals surface area contributed by atoms with Crippen LogP contribution < -0.4 is 10.5 Å². The lowest BCUT2D eigenvalue weighted by Gasteiger charge is -2.65. The fourth-order valence-corrected chi connectivity index (χ4v) is 7.60. The predicted octanol–water partition coefficient (Wildman–Crippen LogP) is 7.10. The van der Waals surface area contributed by atoms with Crippen molar-refractivity contribution in [2.75, 3.05) is 5.73 Å². The molecule has 2 aromatic carbocycles. The number of rotatable bonds is 3. The van der Waals surface area contributed by atoms with E-state index in [1.807, 2.05) is 6.07 Å². The van der Waals surface area contributed by atoms with Gasteiger partial charge in [-0.25, -0.2) is 4.39 Å². The number of hydrogen-bond donors (Lipinski definition) is 1. The summed E-state index contributed by atoms with van der Waals surface area (Å²) in [5.74, 6) is 1.30. The predicted molar refractivity (Wildman–Crippen MR) is 111 cm³/mol. The van der Waals surface area contributed by atoms with E-state index >= 15 is 0 Å². The van der Waals surface area contributed by atoms with Crippen LogP contribution in [0.3, 0.4) is 0 Å². The summed E-state index contributed by atoms with van der Waals surface area (Å²) in [4.78, 5) is 0. The topological polar surface area (TPSA) is 35.2 Å². The molecule has 4 fully saturated rings. The van der Waals surface area contributed by atoms with Gasteiger partial charge in [-0.2, -0.15) is 0 Å². The van der Waals surface area contributed by atoms with Crippen LogP contribution in [0.25, 0.3) is 0 Å². The van der Waals surface area contributed by atoms with Crippen LogP contribution in [-0.4, -0.2) is 0 Å². The van der Waals surface area contributed by atoms with Crippen LogP contribution in [-0.2, 0) is 5.41 Å². The van der Waals surface area contributed by atoms with Crippen molar-refractivity contribution in [3.63, 3.8) is 0 Å². The number of ether oxygens (including phenoxy) is 1. The highest BCUT2D eigenvalue weighted by Gasteiger charge is 2.60. The minimum absolute atomic E-state index is 0.109. The SMILES string of the molecule is CC12CC3CC(C)(C1)CC(c1ccc(Oc4ccc(N)c(F)c4)c(Cl)c1)(C3)C2. The van der Waals surface area contributed by atoms with Crippen molar-refractivity contribution in [1.82, 2.24) is 0 Å². The summed E-state index contributed by atoms with van der Waals surface area (Å²) in [6.07, 6.45) is 7.90. The summed E-state index contributed by atoms with van der Waals surface area (Å²) in [6, 6.07) is 10.7. The van der Waals surface area contributed by atoms with Gasteiger partial charge in [-0.05, 0) is 90.5 Å². The molecule has 28 heavy (non-hydrogen) atoms. The Hall–Kier alpha value is -1.74. The van der Waals surface area contributed by atoms with E-state index in [9.17, 15) is 4.39 Å². The summed E-state index contributed by atoms with van der Waals surface area (Å²) in [5.41, 5.74) is 8.14. The maximum Gasteiger partial charge on any atom is 0.149 e. The third-order valence-electron chi connectivity index (χ3n) is 7.37. The molecule has 2 N–H and O–H groups in total. The van der Waals surface area contributed by atoms with E-state index in [1.54, 1.807) is 6.07 Å². The molecule has 2 atom stereocenters. The molecule has 4 aliphatic rings. The lowest BCUT2D eigenvalue weighted by Crippen LogP contribution is -2.56. The highest BCUT2D eigenvalue weighted by molar-refractivity contribution is 6.32. The molecule has 4 saturated carbocycles. The summed E-state index contributed by atoms with van der Waals surface area (Å²) in [5, 5.41) is 0.584. The third-order valence-corrected chi connectivity index (χ3v) is 7.67. The fourth-order valence-electron chi connectivity index (χ4n) is 7.38. The highest BCUT2D eigenvalue weighted by atomic mass is 35.5. The van der Waals surface area contributed by atoms with E-state index < -0.39 is 5.82 Å². The Bertz CT molecular complexity index is 940. The van der Waals surface area contributed by atoms with Crippen molar-refractivity contribution in [2.24, 2.45) is 16.7 Å². The van der Waals surface area contributed by atoms with Crippen LogP contribution in [0.4, 0.5) is 10.1 Å². The Labute approximate surface area is 171 Å². The van der Waals surface area contributed by atoms with Gasteiger partial charge < -0.3 is 10.5 Å². The molecule has 0 radical (unpaired) electrons. The summed E-state index contributed by atoms with van der Waals surface area (Å²) in [6.45, 7) is 4.97. The van der Waals surface area contributed by atoms with Gasteiger partial charge in [0.05, 0.1) is 10.7 Å². The minimum Gasteiger partial charge on any atom is -0.456 e. The molecule has 2 unspecified atom stereocenters. The molecule has 2 nitrogen and oxygen atoms in total. The van der Waals surface area contributed by atoms with Crippen LogP contribution in [0.5, 0.6) is 11.5 Å². The number of nitrogen functional groups attached to an aromatic ring is 1. The second-order valence-electron chi connectivity index (χ2n) is 10.3. The average molecular weight is 400 g/mol. The Morgan fingerprint density at radius 3 is 2.32 bits per heavy atom. The molecule has 4 heteroatoms. The van der Waals surface area contributed by atoms with E-state index in [2.05, 4.69) is 26.0 Å². The van der Waals surface area contributed by atoms with Gasteiger partial charge in [-0.1, -0.05) is 31.5 Å². The fraction of sp³-hybridized carbons (Fsp3) is 0.500. The molecule has 0 spiro atoms. The maximum absolute atomic E-state index is 13.7. The Morgan fingerprint density at radius 1 is 1.00 bits per heavy atom. The molecule has 0 amide bonds. The molecular formula is C24H27ClFNO. The highest BCUT2D eigenvalue weighted by Crippen LogP contribution is 2.70. The zero-order chi connectivity index (χ0) is 19.7. The number of benzene rings is 2. The quantitative estimate of drug-likeness (QED) is 0.558. The molecule has 4 aliphatic carbocycles. The zero-order valence-corrected chi connectivity index (χ0v) is 17.3. The van der Waals surface area contributed by atoms with Gasteiger partial charge in [0.2, 0.25) is 0 Å². The molecule has 4 bridgehead atoms. The lowest BCUT2D eigenvalue weighted by atomic mass is 9.39. The Morgan fingerprint density at radius 2 is 1.71 bits per heavy atom. The molecule has 0 saturated heterocycles. The molecule has 0 aliphatic heterocycles. The zero-order valence-electron chi connectivity index (χ0n) is 16.5. The van der Waals surface area contributed by atoms with Crippen LogP contribution in [0.2, 0.25) is 5.02 Å². The van der Waals surface area contributed by atoms with Gasteiger partial charge in [0.25, 0.3) is 0 Å². The molecule has 148 valence electrons. The van der Waals surface area contributed by atoms with Crippen molar-refractivity contribution >= 4 is 17.3 Å². The Kier molecular flexibility index (Phi) is 3.85. The average Bonchev–Trinajstić information content (AvgIpc) is 2.56. The van der Waals surface area contributed by atoms with Crippen molar-refractivity contribution in [1.29, 1.82) is 0 Å². The van der Waals surface area contributed by atoms with Gasteiger partial charge in [0.1, 0.15) is 17.3 Å². The smallest absolute Gasteiger partial charge is 0.149 e. The second kappa shape index (κ2) is 5.89. The van der Waals surface area contributed by atoms with E-state index in [0.717, 1.165) is 5.92 Å². The first-order valence-corrected chi connectivity index (χ1v) is 10.6. The van der Waals surface area contributed by atoms with E-state index in [4.69, 9.17) is 22.1 Å². The number of halogens is 2. The first kappa shape index (κ1) is 18.3. The van der Waals surface area contributed by atoms with Crippen molar-refractivity contribution in [2.45, 2.75) is 57.8 Å². The van der Waals surface area contributed by atoms with E-state index in [1.165, 1.54) is 56.2 Å². The number of nitrogens with two attached hydrogens (primary N) is 1. The van der Waals surface area contributed by atoms with Gasteiger partial charge >= 0.3 is 0 Å². The first-order valence-electron chi connectivity index (χ1n) is 10.2. The lowest BCUT2D eigenvalue weighted by molar-refractivity contribution is -0.110. The van der Waals surface area contributed by atoms with E-state index in [-0.39, 0.29) is 11.1 Å². The van der Waals surface area contributed by atoms with E-state index in [0.29, 0.717) is 27.4 Å². The second-order valence-corrected chi connectivity index (χ2v) is 10.7. The molecule has 2 aromatic rings. The van der Waals surface area contributed by atoms with Gasteiger partial charge in [-0.3, -0.25) is 0 Å². The maximum atomic E-state index is 13.7. The number of anilines is 1. The molecule has 0 heterocycles. The molecular weight excluding hydrogens is 373 g/mol. The van der Waals surface area contributed by atoms with Crippen LogP contribution in [0, 0.1) is 22.6 Å². The summed E-state index contributed by atoms with van der Waals surface area (Å²) in [7, 11) is 0.